The Morgan fingerprint density at radius 1 is 1.50 bits per heavy atom. The Labute approximate surface area is 110 Å². The van der Waals surface area contributed by atoms with Crippen LogP contribution in [-0.4, -0.2) is 18.1 Å². The summed E-state index contributed by atoms with van der Waals surface area (Å²) in [4.78, 5) is 0. The van der Waals surface area contributed by atoms with Gasteiger partial charge in [0.15, 0.2) is 0 Å². The molecule has 0 saturated heterocycles. The molecule has 0 aromatic heterocycles. The van der Waals surface area contributed by atoms with Crippen molar-refractivity contribution in [3.63, 3.8) is 0 Å². The van der Waals surface area contributed by atoms with Gasteiger partial charge in [-0.05, 0) is 30.9 Å². The first-order valence-electron chi connectivity index (χ1n) is 5.40. The zero-order valence-electron chi connectivity index (χ0n) is 9.70. The van der Waals surface area contributed by atoms with Gasteiger partial charge in [0, 0.05) is 21.8 Å². The Morgan fingerprint density at radius 2 is 2.25 bits per heavy atom. The van der Waals surface area contributed by atoms with Crippen LogP contribution in [0.5, 0.6) is 5.75 Å². The van der Waals surface area contributed by atoms with Crippen molar-refractivity contribution in [2.75, 3.05) is 18.1 Å². The lowest BCUT2D eigenvalue weighted by Crippen LogP contribution is -2.09. The van der Waals surface area contributed by atoms with E-state index in [1.54, 1.807) is 0 Å². The zero-order valence-corrected chi connectivity index (χ0v) is 12.1. The van der Waals surface area contributed by atoms with Gasteiger partial charge in [-0.1, -0.05) is 22.9 Å². The predicted molar refractivity (Wildman–Crippen MR) is 75.2 cm³/mol. The number of ether oxygens (including phenoxy) is 1. The summed E-state index contributed by atoms with van der Waals surface area (Å²) in [6.45, 7) is 4.85. The SMILES string of the molecule is CCSCCOc1ccc(Br)cc1C(C)N. The second-order valence-electron chi connectivity index (χ2n) is 3.52. The average molecular weight is 304 g/mol. The first-order chi connectivity index (χ1) is 7.65. The van der Waals surface area contributed by atoms with Crippen molar-refractivity contribution < 1.29 is 4.74 Å². The van der Waals surface area contributed by atoms with E-state index in [9.17, 15) is 0 Å². The van der Waals surface area contributed by atoms with Crippen molar-refractivity contribution in [1.82, 2.24) is 0 Å². The molecular formula is C12H18BrNOS. The van der Waals surface area contributed by atoms with Crippen LogP contribution in [0.2, 0.25) is 0 Å². The lowest BCUT2D eigenvalue weighted by Gasteiger charge is -2.14. The fraction of sp³-hybridized carbons (Fsp3) is 0.500. The van der Waals surface area contributed by atoms with Gasteiger partial charge in [-0.15, -0.1) is 0 Å². The fourth-order valence-electron chi connectivity index (χ4n) is 1.36. The molecule has 0 fully saturated rings. The second kappa shape index (κ2) is 7.20. The average Bonchev–Trinajstić information content (AvgIpc) is 2.26. The monoisotopic (exact) mass is 303 g/mol. The minimum absolute atomic E-state index is 0.00803. The molecule has 2 nitrogen and oxygen atoms in total. The van der Waals surface area contributed by atoms with E-state index >= 15 is 0 Å². The van der Waals surface area contributed by atoms with Crippen LogP contribution < -0.4 is 10.5 Å². The molecule has 1 rings (SSSR count). The first kappa shape index (κ1) is 13.9. The van der Waals surface area contributed by atoms with Crippen molar-refractivity contribution >= 4 is 27.7 Å². The van der Waals surface area contributed by atoms with Gasteiger partial charge in [-0.3, -0.25) is 0 Å². The molecule has 0 radical (unpaired) electrons. The molecule has 2 N–H and O–H groups in total. The number of benzene rings is 1. The van der Waals surface area contributed by atoms with Gasteiger partial charge in [-0.2, -0.15) is 11.8 Å². The minimum Gasteiger partial charge on any atom is -0.492 e. The lowest BCUT2D eigenvalue weighted by molar-refractivity contribution is 0.338. The van der Waals surface area contributed by atoms with Crippen LogP contribution in [0.3, 0.4) is 0 Å². The third kappa shape index (κ3) is 4.36. The molecule has 1 atom stereocenters. The van der Waals surface area contributed by atoms with Crippen LogP contribution in [0.15, 0.2) is 22.7 Å². The van der Waals surface area contributed by atoms with Crippen molar-refractivity contribution in [1.29, 1.82) is 0 Å². The summed E-state index contributed by atoms with van der Waals surface area (Å²) in [7, 11) is 0. The molecule has 1 aromatic carbocycles. The van der Waals surface area contributed by atoms with Crippen LogP contribution in [-0.2, 0) is 0 Å². The van der Waals surface area contributed by atoms with E-state index in [4.69, 9.17) is 10.5 Å². The third-order valence-corrected chi connectivity index (χ3v) is 3.51. The Bertz CT molecular complexity index is 331. The van der Waals surface area contributed by atoms with Crippen LogP contribution in [0.4, 0.5) is 0 Å². The van der Waals surface area contributed by atoms with Gasteiger partial charge in [-0.25, -0.2) is 0 Å². The van der Waals surface area contributed by atoms with E-state index in [0.717, 1.165) is 33.9 Å². The molecule has 0 heterocycles. The molecule has 0 aliphatic heterocycles. The van der Waals surface area contributed by atoms with Gasteiger partial charge in [0.1, 0.15) is 5.75 Å². The lowest BCUT2D eigenvalue weighted by atomic mass is 10.1. The van der Waals surface area contributed by atoms with Crippen LogP contribution in [0, 0.1) is 0 Å². The number of nitrogens with two attached hydrogens (primary N) is 1. The highest BCUT2D eigenvalue weighted by molar-refractivity contribution is 9.10. The summed E-state index contributed by atoms with van der Waals surface area (Å²) in [5, 5.41) is 0. The highest BCUT2D eigenvalue weighted by Crippen LogP contribution is 2.27. The maximum Gasteiger partial charge on any atom is 0.124 e. The molecule has 0 spiro atoms. The van der Waals surface area contributed by atoms with E-state index < -0.39 is 0 Å². The molecule has 1 unspecified atom stereocenters. The fourth-order valence-corrected chi connectivity index (χ4v) is 2.23. The number of rotatable bonds is 6. The Kier molecular flexibility index (Phi) is 6.24. The largest absolute Gasteiger partial charge is 0.492 e. The number of halogens is 1. The standard InChI is InChI=1S/C12H18BrNOS/c1-3-16-7-6-15-12-5-4-10(13)8-11(12)9(2)14/h4-5,8-9H,3,6-7,14H2,1-2H3. The predicted octanol–water partition coefficient (Wildman–Crippen LogP) is 3.60. The number of hydrogen-bond donors (Lipinski definition) is 1. The summed E-state index contributed by atoms with van der Waals surface area (Å²) < 4.78 is 6.77. The van der Waals surface area contributed by atoms with Gasteiger partial charge in [0.2, 0.25) is 0 Å². The molecule has 4 heteroatoms. The zero-order chi connectivity index (χ0) is 12.0. The van der Waals surface area contributed by atoms with E-state index in [-0.39, 0.29) is 6.04 Å². The van der Waals surface area contributed by atoms with Crippen LogP contribution in [0.1, 0.15) is 25.5 Å². The highest BCUT2D eigenvalue weighted by Gasteiger charge is 2.08. The van der Waals surface area contributed by atoms with E-state index in [1.165, 1.54) is 0 Å². The van der Waals surface area contributed by atoms with Crippen molar-refractivity contribution in [3.8, 4) is 5.75 Å². The molecule has 1 aromatic rings. The van der Waals surface area contributed by atoms with Gasteiger partial charge < -0.3 is 10.5 Å². The summed E-state index contributed by atoms with van der Waals surface area (Å²) in [6, 6.07) is 5.96. The molecular weight excluding hydrogens is 286 g/mol. The van der Waals surface area contributed by atoms with Gasteiger partial charge in [0.25, 0.3) is 0 Å². The highest BCUT2D eigenvalue weighted by atomic mass is 79.9. The second-order valence-corrected chi connectivity index (χ2v) is 5.83. The summed E-state index contributed by atoms with van der Waals surface area (Å²) in [5.74, 6) is 3.05. The van der Waals surface area contributed by atoms with Crippen LogP contribution in [0.25, 0.3) is 0 Å². The molecule has 0 saturated carbocycles. The summed E-state index contributed by atoms with van der Waals surface area (Å²) in [5.41, 5.74) is 6.96. The first-order valence-corrected chi connectivity index (χ1v) is 7.35. The van der Waals surface area contributed by atoms with Gasteiger partial charge >= 0.3 is 0 Å². The number of hydrogen-bond acceptors (Lipinski definition) is 3. The van der Waals surface area contributed by atoms with E-state index in [0.29, 0.717) is 0 Å². The molecule has 16 heavy (non-hydrogen) atoms. The van der Waals surface area contributed by atoms with E-state index in [1.807, 2.05) is 36.9 Å². The Morgan fingerprint density at radius 3 is 2.88 bits per heavy atom. The maximum absolute atomic E-state index is 5.91. The van der Waals surface area contributed by atoms with Crippen molar-refractivity contribution in [3.05, 3.63) is 28.2 Å². The molecule has 0 aliphatic carbocycles. The Hall–Kier alpha value is -0.190. The van der Waals surface area contributed by atoms with Crippen molar-refractivity contribution in [2.45, 2.75) is 19.9 Å². The van der Waals surface area contributed by atoms with Crippen LogP contribution >= 0.6 is 27.7 Å². The molecule has 0 amide bonds. The van der Waals surface area contributed by atoms with Gasteiger partial charge in [0.05, 0.1) is 6.61 Å². The minimum atomic E-state index is -0.00803. The summed E-state index contributed by atoms with van der Waals surface area (Å²) in [6.07, 6.45) is 0. The Balaban J connectivity index is 2.64. The van der Waals surface area contributed by atoms with E-state index in [2.05, 4.69) is 22.9 Å². The maximum atomic E-state index is 5.91. The molecule has 0 aliphatic rings. The summed E-state index contributed by atoms with van der Waals surface area (Å²) >= 11 is 5.32. The van der Waals surface area contributed by atoms with Crippen molar-refractivity contribution in [2.24, 2.45) is 5.73 Å². The topological polar surface area (TPSA) is 35.2 Å². The molecule has 0 bridgehead atoms. The smallest absolute Gasteiger partial charge is 0.124 e. The molecule has 90 valence electrons. The quantitative estimate of drug-likeness (QED) is 0.816. The number of thioether (sulfide) groups is 1. The normalized spacial score (nSPS) is 12.5. The third-order valence-electron chi connectivity index (χ3n) is 2.15.